The van der Waals surface area contributed by atoms with E-state index in [4.69, 9.17) is 17.0 Å². The van der Waals surface area contributed by atoms with E-state index in [9.17, 15) is 14.7 Å². The highest BCUT2D eigenvalue weighted by Crippen LogP contribution is 2.31. The van der Waals surface area contributed by atoms with Gasteiger partial charge in [-0.2, -0.15) is 5.01 Å². The highest BCUT2D eigenvalue weighted by atomic mass is 32.2. The molecule has 0 atom stereocenters. The van der Waals surface area contributed by atoms with Gasteiger partial charge < -0.3 is 9.84 Å². The molecule has 2 aromatic carbocycles. The topological polar surface area (TPSA) is 78.9 Å². The Kier molecular flexibility index (Phi) is 6.13. The summed E-state index contributed by atoms with van der Waals surface area (Å²) in [7, 11) is 0. The number of benzene rings is 2. The number of nitrogens with one attached hydrogen (secondary N) is 1. The Balaban J connectivity index is 1.70. The summed E-state index contributed by atoms with van der Waals surface area (Å²) < 4.78 is 5.66. The minimum atomic E-state index is -0.499. The zero-order valence-corrected chi connectivity index (χ0v) is 16.3. The SMILES string of the molecule is C=CCOc1ccc(/C=C2\SC(=S)N(NC(=O)c3ccc(O)cc3)C2=O)cc1. The van der Waals surface area contributed by atoms with Gasteiger partial charge in [-0.15, -0.1) is 0 Å². The molecule has 1 fully saturated rings. The molecule has 0 aromatic heterocycles. The van der Waals surface area contributed by atoms with Crippen LogP contribution in [0.25, 0.3) is 6.08 Å². The van der Waals surface area contributed by atoms with Crippen LogP contribution >= 0.6 is 24.0 Å². The standard InChI is InChI=1S/C20H16N2O4S2/c1-2-11-26-16-9-3-13(4-10-16)12-17-19(25)22(20(27)28-17)21-18(24)14-5-7-15(23)8-6-14/h2-10,12,23H,1,11H2,(H,21,24)/b17-12-. The van der Waals surface area contributed by atoms with E-state index < -0.39 is 11.8 Å². The zero-order chi connectivity index (χ0) is 20.1. The molecule has 1 aliphatic rings. The number of amides is 2. The van der Waals surface area contributed by atoms with Crippen molar-refractivity contribution in [2.24, 2.45) is 0 Å². The van der Waals surface area contributed by atoms with Crippen LogP contribution in [0.4, 0.5) is 0 Å². The molecular formula is C20H16N2O4S2. The second kappa shape index (κ2) is 8.73. The van der Waals surface area contributed by atoms with Crippen LogP contribution in [-0.4, -0.2) is 32.9 Å². The van der Waals surface area contributed by atoms with Crippen molar-refractivity contribution in [1.82, 2.24) is 10.4 Å². The Hall–Kier alpha value is -3.10. The minimum absolute atomic E-state index is 0.0472. The maximum absolute atomic E-state index is 12.6. The Bertz CT molecular complexity index is 953. The Morgan fingerprint density at radius 3 is 2.54 bits per heavy atom. The summed E-state index contributed by atoms with van der Waals surface area (Å²) in [6.45, 7) is 4.01. The summed E-state index contributed by atoms with van der Waals surface area (Å²) in [5, 5.41) is 10.3. The molecule has 2 amide bonds. The van der Waals surface area contributed by atoms with Crippen LogP contribution in [-0.2, 0) is 4.79 Å². The van der Waals surface area contributed by atoms with Crippen molar-refractivity contribution in [2.75, 3.05) is 6.61 Å². The fourth-order valence-electron chi connectivity index (χ4n) is 2.31. The molecule has 1 heterocycles. The molecule has 28 heavy (non-hydrogen) atoms. The molecular weight excluding hydrogens is 396 g/mol. The van der Waals surface area contributed by atoms with E-state index in [1.807, 2.05) is 12.1 Å². The van der Waals surface area contributed by atoms with Crippen LogP contribution in [0.2, 0.25) is 0 Å². The second-order valence-electron chi connectivity index (χ2n) is 5.67. The lowest BCUT2D eigenvalue weighted by Gasteiger charge is -2.15. The van der Waals surface area contributed by atoms with Crippen LogP contribution in [0.15, 0.2) is 66.1 Å². The van der Waals surface area contributed by atoms with Crippen LogP contribution in [0, 0.1) is 0 Å². The first-order valence-corrected chi connectivity index (χ1v) is 9.42. The van der Waals surface area contributed by atoms with E-state index in [2.05, 4.69) is 12.0 Å². The molecule has 0 unspecified atom stereocenters. The Morgan fingerprint density at radius 1 is 1.21 bits per heavy atom. The van der Waals surface area contributed by atoms with Crippen LogP contribution in [0.3, 0.4) is 0 Å². The molecule has 0 bridgehead atoms. The zero-order valence-electron chi connectivity index (χ0n) is 14.6. The van der Waals surface area contributed by atoms with Gasteiger partial charge in [0.05, 0.1) is 4.91 Å². The third-order valence-corrected chi connectivity index (χ3v) is 4.98. The van der Waals surface area contributed by atoms with Gasteiger partial charge in [0.2, 0.25) is 0 Å². The van der Waals surface area contributed by atoms with Gasteiger partial charge >= 0.3 is 0 Å². The van der Waals surface area contributed by atoms with Crippen LogP contribution < -0.4 is 10.2 Å². The fourth-order valence-corrected chi connectivity index (χ4v) is 3.49. The molecule has 2 aromatic rings. The molecule has 0 saturated carbocycles. The summed E-state index contributed by atoms with van der Waals surface area (Å²) >= 11 is 6.32. The van der Waals surface area contributed by atoms with Gasteiger partial charge in [-0.1, -0.05) is 36.5 Å². The number of thioether (sulfide) groups is 1. The maximum atomic E-state index is 12.6. The number of carbonyl (C=O) groups is 2. The van der Waals surface area contributed by atoms with Crippen molar-refractivity contribution in [3.63, 3.8) is 0 Å². The third-order valence-electron chi connectivity index (χ3n) is 3.68. The number of hydrazine groups is 1. The quantitative estimate of drug-likeness (QED) is 0.430. The van der Waals surface area contributed by atoms with Gasteiger partial charge in [-0.25, -0.2) is 0 Å². The van der Waals surface area contributed by atoms with E-state index >= 15 is 0 Å². The van der Waals surface area contributed by atoms with Crippen molar-refractivity contribution in [3.8, 4) is 11.5 Å². The first-order chi connectivity index (χ1) is 13.5. The van der Waals surface area contributed by atoms with Crippen LogP contribution in [0.1, 0.15) is 15.9 Å². The first-order valence-electron chi connectivity index (χ1n) is 8.19. The summed E-state index contributed by atoms with van der Waals surface area (Å²) in [5.41, 5.74) is 3.59. The summed E-state index contributed by atoms with van der Waals surface area (Å²) in [6, 6.07) is 12.9. The number of ether oxygens (including phenoxy) is 1. The molecule has 1 aliphatic heterocycles. The average molecular weight is 412 g/mol. The normalized spacial score (nSPS) is 15.0. The predicted molar refractivity (Wildman–Crippen MR) is 113 cm³/mol. The number of carbonyl (C=O) groups excluding carboxylic acids is 2. The van der Waals surface area contributed by atoms with Crippen molar-refractivity contribution in [2.45, 2.75) is 0 Å². The molecule has 2 N–H and O–H groups in total. The molecule has 6 nitrogen and oxygen atoms in total. The maximum Gasteiger partial charge on any atom is 0.285 e. The average Bonchev–Trinajstić information content (AvgIpc) is 2.95. The van der Waals surface area contributed by atoms with Gasteiger partial charge in [0.15, 0.2) is 4.32 Å². The van der Waals surface area contributed by atoms with Gasteiger partial charge in [0.25, 0.3) is 11.8 Å². The van der Waals surface area contributed by atoms with E-state index in [0.29, 0.717) is 22.8 Å². The number of aromatic hydroxyl groups is 1. The van der Waals surface area contributed by atoms with Crippen molar-refractivity contribution in [3.05, 3.63) is 77.2 Å². The first kappa shape index (κ1) is 19.7. The Morgan fingerprint density at radius 2 is 1.89 bits per heavy atom. The van der Waals surface area contributed by atoms with E-state index in [1.54, 1.807) is 24.3 Å². The number of hydrogen-bond donors (Lipinski definition) is 2. The molecule has 8 heteroatoms. The van der Waals surface area contributed by atoms with E-state index in [-0.39, 0.29) is 10.1 Å². The number of nitrogens with zero attached hydrogens (tertiary/aromatic N) is 1. The number of rotatable bonds is 6. The highest BCUT2D eigenvalue weighted by molar-refractivity contribution is 8.26. The lowest BCUT2D eigenvalue weighted by molar-refractivity contribution is -0.123. The number of phenols is 1. The van der Waals surface area contributed by atoms with Crippen molar-refractivity contribution < 1.29 is 19.4 Å². The molecule has 0 radical (unpaired) electrons. The van der Waals surface area contributed by atoms with Gasteiger partial charge in [-0.05, 0) is 60.3 Å². The third kappa shape index (κ3) is 4.59. The van der Waals surface area contributed by atoms with Crippen molar-refractivity contribution in [1.29, 1.82) is 0 Å². The fraction of sp³-hybridized carbons (Fsp3) is 0.0500. The highest BCUT2D eigenvalue weighted by Gasteiger charge is 2.33. The van der Waals surface area contributed by atoms with E-state index in [1.165, 1.54) is 24.3 Å². The summed E-state index contributed by atoms with van der Waals surface area (Å²) in [4.78, 5) is 25.3. The molecule has 142 valence electrons. The molecule has 1 saturated heterocycles. The van der Waals surface area contributed by atoms with Gasteiger partial charge in [-0.3, -0.25) is 15.0 Å². The monoisotopic (exact) mass is 412 g/mol. The smallest absolute Gasteiger partial charge is 0.285 e. The molecule has 0 aliphatic carbocycles. The van der Waals surface area contributed by atoms with Gasteiger partial charge in [0.1, 0.15) is 18.1 Å². The Labute approximate surface area is 171 Å². The largest absolute Gasteiger partial charge is 0.508 e. The summed E-state index contributed by atoms with van der Waals surface area (Å²) in [6.07, 6.45) is 3.36. The van der Waals surface area contributed by atoms with E-state index in [0.717, 1.165) is 22.3 Å². The number of phenolic OH excluding ortho intramolecular Hbond substituents is 1. The lowest BCUT2D eigenvalue weighted by Crippen LogP contribution is -2.44. The lowest BCUT2D eigenvalue weighted by atomic mass is 10.2. The van der Waals surface area contributed by atoms with Gasteiger partial charge in [0, 0.05) is 5.56 Å². The van der Waals surface area contributed by atoms with Crippen molar-refractivity contribution >= 4 is 46.2 Å². The van der Waals surface area contributed by atoms with Crippen LogP contribution in [0.5, 0.6) is 11.5 Å². The summed E-state index contributed by atoms with van der Waals surface area (Å²) in [5.74, 6) is -0.160. The molecule has 3 rings (SSSR count). The number of thiocarbonyl (C=S) groups is 1. The minimum Gasteiger partial charge on any atom is -0.508 e. The molecule has 0 spiro atoms. The predicted octanol–water partition coefficient (Wildman–Crippen LogP) is 3.50. The second-order valence-corrected chi connectivity index (χ2v) is 7.35. The number of hydrogen-bond acceptors (Lipinski definition) is 6.